The largest absolute Gasteiger partial charge is 0.369 e. The molecule has 0 atom stereocenters. The van der Waals surface area contributed by atoms with Crippen LogP contribution in [0.1, 0.15) is 44.6 Å². The molecule has 0 spiro atoms. The normalized spacial score (nSPS) is 22.8. The molecule has 1 fully saturated rings. The fourth-order valence-corrected chi connectivity index (χ4v) is 3.30. The second-order valence-corrected chi connectivity index (χ2v) is 6.02. The third-order valence-electron chi connectivity index (χ3n) is 4.77. The minimum atomic E-state index is -0.115. The third kappa shape index (κ3) is 3.51. The molecule has 3 heteroatoms. The molecule has 0 saturated heterocycles. The van der Waals surface area contributed by atoms with E-state index in [1.165, 1.54) is 32.1 Å². The monoisotopic (exact) mass is 278 g/mol. The first-order chi connectivity index (χ1) is 9.65. The lowest BCUT2D eigenvalue weighted by Crippen LogP contribution is -2.35. The van der Waals surface area contributed by atoms with Crippen molar-refractivity contribution in [3.8, 4) is 0 Å². The summed E-state index contributed by atoms with van der Waals surface area (Å²) in [5, 5.41) is 0. The van der Waals surface area contributed by atoms with Crippen molar-refractivity contribution >= 4 is 5.69 Å². The van der Waals surface area contributed by atoms with Crippen LogP contribution in [0.4, 0.5) is 10.1 Å². The molecule has 2 N–H and O–H groups in total. The van der Waals surface area contributed by atoms with E-state index in [9.17, 15) is 4.39 Å². The van der Waals surface area contributed by atoms with Gasteiger partial charge >= 0.3 is 0 Å². The molecule has 1 aromatic carbocycles. The Kier molecular flexibility index (Phi) is 5.41. The molecule has 20 heavy (non-hydrogen) atoms. The van der Waals surface area contributed by atoms with Crippen molar-refractivity contribution in [2.75, 3.05) is 18.5 Å². The van der Waals surface area contributed by atoms with E-state index < -0.39 is 0 Å². The van der Waals surface area contributed by atoms with E-state index in [2.05, 4.69) is 11.8 Å². The zero-order valence-electron chi connectivity index (χ0n) is 12.7. The van der Waals surface area contributed by atoms with Crippen LogP contribution < -0.4 is 10.6 Å². The second kappa shape index (κ2) is 7.07. The van der Waals surface area contributed by atoms with Crippen LogP contribution in [0, 0.1) is 11.7 Å². The summed E-state index contributed by atoms with van der Waals surface area (Å²) in [4.78, 5) is 2.13. The van der Waals surface area contributed by atoms with Gasteiger partial charge in [-0.25, -0.2) is 4.39 Å². The Bertz CT molecular complexity index is 425. The Hall–Kier alpha value is -1.09. The van der Waals surface area contributed by atoms with E-state index in [0.717, 1.165) is 23.6 Å². The number of rotatable bonds is 5. The maximum atomic E-state index is 14.2. The van der Waals surface area contributed by atoms with E-state index in [4.69, 9.17) is 5.73 Å². The lowest BCUT2D eigenvalue weighted by atomic mass is 9.84. The van der Waals surface area contributed by atoms with Gasteiger partial charge in [0, 0.05) is 13.1 Å². The molecule has 2 nitrogen and oxygen atoms in total. The van der Waals surface area contributed by atoms with Gasteiger partial charge in [-0.05, 0) is 62.3 Å². The third-order valence-corrected chi connectivity index (χ3v) is 4.77. The Balaban J connectivity index is 2.03. The van der Waals surface area contributed by atoms with Crippen LogP contribution in [0.5, 0.6) is 0 Å². The number of nitrogens with zero attached hydrogens (tertiary/aromatic N) is 1. The van der Waals surface area contributed by atoms with Gasteiger partial charge in [-0.3, -0.25) is 0 Å². The van der Waals surface area contributed by atoms with Gasteiger partial charge in [0.1, 0.15) is 5.82 Å². The number of hydrogen-bond acceptors (Lipinski definition) is 2. The summed E-state index contributed by atoms with van der Waals surface area (Å²) < 4.78 is 14.2. The fourth-order valence-electron chi connectivity index (χ4n) is 3.30. The molecule has 1 aliphatic carbocycles. The van der Waals surface area contributed by atoms with Crippen molar-refractivity contribution in [2.24, 2.45) is 11.7 Å². The smallest absolute Gasteiger partial charge is 0.146 e. The van der Waals surface area contributed by atoms with E-state index in [-0.39, 0.29) is 5.82 Å². The average Bonchev–Trinajstić information content (AvgIpc) is 2.47. The van der Waals surface area contributed by atoms with Crippen molar-refractivity contribution in [1.82, 2.24) is 0 Å². The predicted octanol–water partition coefficient (Wildman–Crippen LogP) is 3.73. The van der Waals surface area contributed by atoms with Crippen LogP contribution in [0.15, 0.2) is 18.2 Å². The molecule has 0 bridgehead atoms. The molecule has 2 rings (SSSR count). The number of benzene rings is 1. The lowest BCUT2D eigenvalue weighted by molar-refractivity contribution is 0.312. The second-order valence-electron chi connectivity index (χ2n) is 6.02. The number of nitrogens with two attached hydrogens (primary N) is 1. The maximum Gasteiger partial charge on any atom is 0.146 e. The lowest BCUT2D eigenvalue weighted by Gasteiger charge is -2.36. The standard InChI is InChI=1S/C17H27FN2/c1-3-13-4-7-15(8-5-13)20(2)17-9-6-14(10-11-19)12-16(17)18/h6,9,12-13,15H,3-5,7-8,10-11,19H2,1-2H3. The van der Waals surface area contributed by atoms with Crippen molar-refractivity contribution < 1.29 is 4.39 Å². The summed E-state index contributed by atoms with van der Waals surface area (Å²) in [5.41, 5.74) is 7.23. The SMILES string of the molecule is CCC1CCC(N(C)c2ccc(CCN)cc2F)CC1. The predicted molar refractivity (Wildman–Crippen MR) is 83.6 cm³/mol. The quantitative estimate of drug-likeness (QED) is 0.889. The molecular formula is C17H27FN2. The van der Waals surface area contributed by atoms with Crippen molar-refractivity contribution in [3.63, 3.8) is 0 Å². The van der Waals surface area contributed by atoms with Gasteiger partial charge in [0.15, 0.2) is 0 Å². The average molecular weight is 278 g/mol. The Morgan fingerprint density at radius 3 is 2.50 bits per heavy atom. The van der Waals surface area contributed by atoms with Crippen molar-refractivity contribution in [3.05, 3.63) is 29.6 Å². The zero-order chi connectivity index (χ0) is 14.5. The van der Waals surface area contributed by atoms with Gasteiger partial charge in [0.25, 0.3) is 0 Å². The molecule has 1 saturated carbocycles. The Morgan fingerprint density at radius 2 is 1.95 bits per heavy atom. The minimum Gasteiger partial charge on any atom is -0.369 e. The number of hydrogen-bond donors (Lipinski definition) is 1. The molecular weight excluding hydrogens is 251 g/mol. The minimum absolute atomic E-state index is 0.115. The molecule has 0 aliphatic heterocycles. The maximum absolute atomic E-state index is 14.2. The van der Waals surface area contributed by atoms with Gasteiger partial charge in [0.2, 0.25) is 0 Å². The van der Waals surface area contributed by atoms with Gasteiger partial charge in [-0.15, -0.1) is 0 Å². The van der Waals surface area contributed by atoms with Gasteiger partial charge < -0.3 is 10.6 Å². The fraction of sp³-hybridized carbons (Fsp3) is 0.647. The van der Waals surface area contributed by atoms with E-state index >= 15 is 0 Å². The van der Waals surface area contributed by atoms with Crippen LogP contribution in [-0.2, 0) is 6.42 Å². The highest BCUT2D eigenvalue weighted by Crippen LogP contribution is 2.32. The molecule has 112 valence electrons. The van der Waals surface area contributed by atoms with E-state index in [1.54, 1.807) is 6.07 Å². The molecule has 0 heterocycles. The summed E-state index contributed by atoms with van der Waals surface area (Å²) in [5.74, 6) is 0.757. The highest BCUT2D eigenvalue weighted by atomic mass is 19.1. The van der Waals surface area contributed by atoms with Crippen LogP contribution in [-0.4, -0.2) is 19.6 Å². The first-order valence-corrected chi connectivity index (χ1v) is 7.87. The van der Waals surface area contributed by atoms with Crippen molar-refractivity contribution in [2.45, 2.75) is 51.5 Å². The Morgan fingerprint density at radius 1 is 1.25 bits per heavy atom. The summed E-state index contributed by atoms with van der Waals surface area (Å²) >= 11 is 0. The first kappa shape index (κ1) is 15.3. The summed E-state index contributed by atoms with van der Waals surface area (Å²) in [6.07, 6.45) is 6.93. The highest BCUT2D eigenvalue weighted by molar-refractivity contribution is 5.49. The van der Waals surface area contributed by atoms with Crippen LogP contribution in [0.25, 0.3) is 0 Å². The zero-order valence-corrected chi connectivity index (χ0v) is 12.7. The molecule has 0 unspecified atom stereocenters. The molecule has 0 aromatic heterocycles. The topological polar surface area (TPSA) is 29.3 Å². The van der Waals surface area contributed by atoms with E-state index in [1.807, 2.05) is 19.2 Å². The summed E-state index contributed by atoms with van der Waals surface area (Å²) in [7, 11) is 2.03. The van der Waals surface area contributed by atoms with Crippen molar-refractivity contribution in [1.29, 1.82) is 0 Å². The van der Waals surface area contributed by atoms with Crippen LogP contribution in [0.3, 0.4) is 0 Å². The molecule has 0 amide bonds. The molecule has 0 radical (unpaired) electrons. The number of anilines is 1. The first-order valence-electron chi connectivity index (χ1n) is 7.87. The van der Waals surface area contributed by atoms with Gasteiger partial charge in [0.05, 0.1) is 5.69 Å². The van der Waals surface area contributed by atoms with E-state index in [0.29, 0.717) is 12.6 Å². The molecule has 1 aliphatic rings. The van der Waals surface area contributed by atoms with Crippen LogP contribution in [0.2, 0.25) is 0 Å². The molecule has 1 aromatic rings. The summed E-state index contributed by atoms with van der Waals surface area (Å²) in [6, 6.07) is 6.02. The van der Waals surface area contributed by atoms with Crippen LogP contribution >= 0.6 is 0 Å². The highest BCUT2D eigenvalue weighted by Gasteiger charge is 2.24. The Labute approximate surface area is 122 Å². The number of halogens is 1. The van der Waals surface area contributed by atoms with Gasteiger partial charge in [-0.1, -0.05) is 19.4 Å². The van der Waals surface area contributed by atoms with Gasteiger partial charge in [-0.2, -0.15) is 0 Å². The summed E-state index contributed by atoms with van der Waals surface area (Å²) in [6.45, 7) is 2.83.